The lowest BCUT2D eigenvalue weighted by Crippen LogP contribution is -2.14. The number of nitrogens with zero attached hydrogens (tertiary/aromatic N) is 2. The van der Waals surface area contributed by atoms with Crippen LogP contribution in [-0.2, 0) is 0 Å². The van der Waals surface area contributed by atoms with Crippen molar-refractivity contribution in [2.24, 2.45) is 16.9 Å². The van der Waals surface area contributed by atoms with Crippen molar-refractivity contribution in [1.82, 2.24) is 5.01 Å². The summed E-state index contributed by atoms with van der Waals surface area (Å²) in [5.74, 6) is 1.30. The van der Waals surface area contributed by atoms with Gasteiger partial charge in [-0.1, -0.05) is 33.3 Å². The Morgan fingerprint density at radius 1 is 1.36 bits per heavy atom. The summed E-state index contributed by atoms with van der Waals surface area (Å²) >= 11 is 0. The molecule has 0 aromatic carbocycles. The van der Waals surface area contributed by atoms with Gasteiger partial charge in [-0.3, -0.25) is 5.01 Å². The van der Waals surface area contributed by atoms with Crippen molar-refractivity contribution in [2.75, 3.05) is 6.54 Å². The quantitative estimate of drug-likeness (QED) is 0.469. The highest BCUT2D eigenvalue weighted by molar-refractivity contribution is 5.23. The minimum Gasteiger partial charge on any atom is -0.273 e. The van der Waals surface area contributed by atoms with Crippen molar-refractivity contribution in [3.63, 3.8) is 0 Å². The van der Waals surface area contributed by atoms with E-state index in [1.54, 1.807) is 0 Å². The zero-order chi connectivity index (χ0) is 11.1. The number of hydrogen-bond donors (Lipinski definition) is 0. The van der Waals surface area contributed by atoms with Crippen LogP contribution < -0.4 is 0 Å². The lowest BCUT2D eigenvalue weighted by atomic mass is 10.1. The molecular formula is C12H24N2. The molecule has 0 saturated heterocycles. The highest BCUT2D eigenvalue weighted by atomic mass is 15.4. The van der Waals surface area contributed by atoms with Crippen LogP contribution in [0.2, 0.25) is 0 Å². The Morgan fingerprint density at radius 3 is 2.29 bits per heavy atom. The highest BCUT2D eigenvalue weighted by Crippen LogP contribution is 2.10. The molecule has 0 aliphatic rings. The largest absolute Gasteiger partial charge is 0.273 e. The minimum atomic E-state index is 0.582. The van der Waals surface area contributed by atoms with E-state index in [-0.39, 0.29) is 0 Å². The van der Waals surface area contributed by atoms with E-state index < -0.39 is 0 Å². The summed E-state index contributed by atoms with van der Waals surface area (Å²) in [4.78, 5) is 0. The molecule has 0 aromatic heterocycles. The van der Waals surface area contributed by atoms with E-state index in [4.69, 9.17) is 0 Å². The normalized spacial score (nSPS) is 12.4. The fraction of sp³-hybridized carbons (Fsp3) is 0.750. The van der Waals surface area contributed by atoms with Gasteiger partial charge in [-0.15, -0.1) is 0 Å². The third-order valence-electron chi connectivity index (χ3n) is 2.38. The first-order valence-electron chi connectivity index (χ1n) is 5.39. The van der Waals surface area contributed by atoms with E-state index in [1.165, 1.54) is 5.57 Å². The van der Waals surface area contributed by atoms with Crippen LogP contribution in [0.25, 0.3) is 0 Å². The van der Waals surface area contributed by atoms with Gasteiger partial charge < -0.3 is 0 Å². The summed E-state index contributed by atoms with van der Waals surface area (Å²) < 4.78 is 0. The molecule has 0 saturated carbocycles. The standard InChI is InChI=1S/C12H24N2/c1-10(2)7-8-14(13-6)9-12(5)11(3)4/h9-11H,6-8H2,1-5H3/b12-9+. The first kappa shape index (κ1) is 13.2. The Labute approximate surface area is 88.7 Å². The third-order valence-corrected chi connectivity index (χ3v) is 2.38. The molecule has 2 heteroatoms. The Hall–Kier alpha value is -0.790. The van der Waals surface area contributed by atoms with Crippen LogP contribution in [0.3, 0.4) is 0 Å². The molecule has 0 radical (unpaired) electrons. The van der Waals surface area contributed by atoms with Gasteiger partial charge in [0.05, 0.1) is 0 Å². The predicted octanol–water partition coefficient (Wildman–Crippen LogP) is 3.51. The van der Waals surface area contributed by atoms with E-state index >= 15 is 0 Å². The molecule has 0 amide bonds. The second-order valence-corrected chi connectivity index (χ2v) is 4.51. The van der Waals surface area contributed by atoms with Gasteiger partial charge >= 0.3 is 0 Å². The summed E-state index contributed by atoms with van der Waals surface area (Å²) in [5, 5.41) is 5.93. The van der Waals surface area contributed by atoms with Gasteiger partial charge in [-0.25, -0.2) is 0 Å². The monoisotopic (exact) mass is 196 g/mol. The molecule has 0 heterocycles. The molecule has 2 nitrogen and oxygen atoms in total. The summed E-state index contributed by atoms with van der Waals surface area (Å²) in [7, 11) is 0. The fourth-order valence-corrected chi connectivity index (χ4v) is 0.951. The van der Waals surface area contributed by atoms with Crippen LogP contribution in [-0.4, -0.2) is 18.3 Å². The molecule has 0 bridgehead atoms. The Morgan fingerprint density at radius 2 is 1.93 bits per heavy atom. The molecule has 0 aromatic rings. The lowest BCUT2D eigenvalue weighted by molar-refractivity contribution is 0.360. The Bertz CT molecular complexity index is 192. The topological polar surface area (TPSA) is 15.6 Å². The molecule has 0 rings (SSSR count). The predicted molar refractivity (Wildman–Crippen MR) is 64.3 cm³/mol. The average molecular weight is 196 g/mol. The maximum Gasteiger partial charge on any atom is 0.0411 e. The van der Waals surface area contributed by atoms with E-state index in [2.05, 4.69) is 52.6 Å². The molecule has 82 valence electrons. The molecule has 0 N–H and O–H groups in total. The van der Waals surface area contributed by atoms with Gasteiger partial charge in [-0.2, -0.15) is 5.10 Å². The molecular weight excluding hydrogens is 172 g/mol. The second kappa shape index (κ2) is 6.63. The average Bonchev–Trinajstić information content (AvgIpc) is 2.11. The molecule has 0 unspecified atom stereocenters. The van der Waals surface area contributed by atoms with E-state index in [0.29, 0.717) is 11.8 Å². The number of rotatable bonds is 6. The molecule has 0 aliphatic carbocycles. The first-order valence-corrected chi connectivity index (χ1v) is 5.39. The maximum absolute atomic E-state index is 3.99. The Kier molecular flexibility index (Phi) is 6.26. The van der Waals surface area contributed by atoms with Gasteiger partial charge in [-0.05, 0) is 25.2 Å². The van der Waals surface area contributed by atoms with Crippen LogP contribution in [0, 0.1) is 11.8 Å². The van der Waals surface area contributed by atoms with Crippen molar-refractivity contribution in [3.8, 4) is 0 Å². The van der Waals surface area contributed by atoms with Crippen molar-refractivity contribution in [1.29, 1.82) is 0 Å². The van der Waals surface area contributed by atoms with Crippen LogP contribution >= 0.6 is 0 Å². The molecule has 14 heavy (non-hydrogen) atoms. The van der Waals surface area contributed by atoms with Gasteiger partial charge in [0.15, 0.2) is 0 Å². The fourth-order valence-electron chi connectivity index (χ4n) is 0.951. The lowest BCUT2D eigenvalue weighted by Gasteiger charge is -2.17. The van der Waals surface area contributed by atoms with E-state index in [1.807, 2.05) is 5.01 Å². The Balaban J connectivity index is 4.14. The maximum atomic E-state index is 3.99. The number of hydrazone groups is 1. The second-order valence-electron chi connectivity index (χ2n) is 4.51. The number of hydrogen-bond acceptors (Lipinski definition) is 2. The SMILES string of the molecule is C=NN(/C=C(\C)C(C)C)CCC(C)C. The minimum absolute atomic E-state index is 0.582. The smallest absolute Gasteiger partial charge is 0.0411 e. The first-order chi connectivity index (χ1) is 6.47. The highest BCUT2D eigenvalue weighted by Gasteiger charge is 2.02. The van der Waals surface area contributed by atoms with E-state index in [0.717, 1.165) is 13.0 Å². The van der Waals surface area contributed by atoms with Crippen molar-refractivity contribution in [3.05, 3.63) is 11.8 Å². The molecule has 0 atom stereocenters. The van der Waals surface area contributed by atoms with Crippen molar-refractivity contribution >= 4 is 6.72 Å². The van der Waals surface area contributed by atoms with Crippen LogP contribution in [0.4, 0.5) is 0 Å². The van der Waals surface area contributed by atoms with E-state index in [9.17, 15) is 0 Å². The molecule has 0 aliphatic heterocycles. The summed E-state index contributed by atoms with van der Waals surface area (Å²) in [6.07, 6.45) is 3.25. The van der Waals surface area contributed by atoms with Crippen molar-refractivity contribution < 1.29 is 0 Å². The zero-order valence-electron chi connectivity index (χ0n) is 10.2. The molecule has 0 spiro atoms. The van der Waals surface area contributed by atoms with Gasteiger partial charge in [0.25, 0.3) is 0 Å². The zero-order valence-corrected chi connectivity index (χ0v) is 10.2. The summed E-state index contributed by atoms with van der Waals surface area (Å²) in [5.41, 5.74) is 1.35. The van der Waals surface area contributed by atoms with Crippen LogP contribution in [0.5, 0.6) is 0 Å². The van der Waals surface area contributed by atoms with Crippen molar-refractivity contribution in [2.45, 2.75) is 41.0 Å². The van der Waals surface area contributed by atoms with Gasteiger partial charge in [0, 0.05) is 19.5 Å². The van der Waals surface area contributed by atoms with Crippen LogP contribution in [0.1, 0.15) is 41.0 Å². The van der Waals surface area contributed by atoms with Gasteiger partial charge in [0.2, 0.25) is 0 Å². The number of allylic oxidation sites excluding steroid dienone is 1. The van der Waals surface area contributed by atoms with Gasteiger partial charge in [0.1, 0.15) is 0 Å². The third kappa shape index (κ3) is 5.79. The summed E-state index contributed by atoms with van der Waals surface area (Å²) in [6.45, 7) is 15.5. The summed E-state index contributed by atoms with van der Waals surface area (Å²) in [6, 6.07) is 0. The molecule has 0 fully saturated rings. The van der Waals surface area contributed by atoms with Crippen LogP contribution in [0.15, 0.2) is 16.9 Å².